The van der Waals surface area contributed by atoms with Gasteiger partial charge in [-0.15, -0.1) is 0 Å². The van der Waals surface area contributed by atoms with Crippen molar-refractivity contribution >= 4 is 23.2 Å². The number of carbonyl (C=O) groups is 1. The minimum absolute atomic E-state index is 0.0360. The van der Waals surface area contributed by atoms with Crippen LogP contribution in [0.4, 0.5) is 0 Å². The van der Waals surface area contributed by atoms with E-state index in [1.807, 2.05) is 0 Å². The molecule has 1 aromatic rings. The molecule has 1 rings (SSSR count). The van der Waals surface area contributed by atoms with Crippen molar-refractivity contribution in [2.24, 2.45) is 7.05 Å². The fourth-order valence-corrected chi connectivity index (χ4v) is 1.18. The topological polar surface area (TPSA) is 85.0 Å². The fraction of sp³-hybridized carbons (Fsp3) is 0.375. The van der Waals surface area contributed by atoms with E-state index >= 15 is 0 Å². The monoisotopic (exact) mass is 243 g/mol. The number of hydrogen-bond donors (Lipinski definition) is 3. The second-order valence-corrected chi connectivity index (χ2v) is 3.55. The van der Waals surface area contributed by atoms with Gasteiger partial charge in [0.15, 0.2) is 10.8 Å². The lowest BCUT2D eigenvalue weighted by Crippen LogP contribution is -2.48. The lowest BCUT2D eigenvalue weighted by atomic mass is 10.3. The number of nitrogens with one attached hydrogen (secondary N) is 3. The first-order chi connectivity index (χ1) is 7.47. The maximum absolute atomic E-state index is 11.6. The smallest absolute Gasteiger partial charge is 0.314 e. The minimum Gasteiger partial charge on any atom is -0.710 e. The molecule has 16 heavy (non-hydrogen) atoms. The summed E-state index contributed by atoms with van der Waals surface area (Å²) in [6, 6.07) is 0. The summed E-state index contributed by atoms with van der Waals surface area (Å²) in [5.74, 6) is -0.536. The maximum Gasteiger partial charge on any atom is 0.314 e. The average Bonchev–Trinajstić information content (AvgIpc) is 2.49. The van der Waals surface area contributed by atoms with Gasteiger partial charge in [-0.3, -0.25) is 15.6 Å². The van der Waals surface area contributed by atoms with Gasteiger partial charge in [-0.1, -0.05) is 0 Å². The highest BCUT2D eigenvalue weighted by molar-refractivity contribution is 7.80. The number of thiocarbonyl (C=S) groups is 1. The predicted molar refractivity (Wildman–Crippen MR) is 61.4 cm³/mol. The van der Waals surface area contributed by atoms with Gasteiger partial charge in [-0.25, -0.2) is 9.30 Å². The van der Waals surface area contributed by atoms with Crippen LogP contribution in [0.15, 0.2) is 6.33 Å². The molecule has 0 saturated carbocycles. The van der Waals surface area contributed by atoms with Crippen LogP contribution in [0.1, 0.15) is 16.2 Å². The highest BCUT2D eigenvalue weighted by Gasteiger charge is 2.21. The number of imidazole rings is 1. The Bertz CT molecular complexity index is 428. The molecule has 7 nitrogen and oxygen atoms in total. The fourth-order valence-electron chi connectivity index (χ4n) is 1.13. The van der Waals surface area contributed by atoms with Crippen molar-refractivity contribution in [3.8, 4) is 0 Å². The number of rotatable bonds is 1. The molecule has 0 bridgehead atoms. The average molecular weight is 243 g/mol. The summed E-state index contributed by atoms with van der Waals surface area (Å²) in [5.41, 5.74) is 5.38. The minimum atomic E-state index is -0.536. The van der Waals surface area contributed by atoms with Crippen LogP contribution in [0.2, 0.25) is 0 Å². The van der Waals surface area contributed by atoms with Crippen LogP contribution in [-0.2, 0) is 7.05 Å². The Morgan fingerprint density at radius 3 is 2.62 bits per heavy atom. The number of aromatic nitrogens is 2. The molecule has 88 valence electrons. The van der Waals surface area contributed by atoms with Crippen LogP contribution in [0.5, 0.6) is 0 Å². The van der Waals surface area contributed by atoms with Crippen molar-refractivity contribution in [3.05, 3.63) is 22.9 Å². The Morgan fingerprint density at radius 2 is 2.19 bits per heavy atom. The molecule has 0 radical (unpaired) electrons. The van der Waals surface area contributed by atoms with Gasteiger partial charge >= 0.3 is 5.91 Å². The van der Waals surface area contributed by atoms with Gasteiger partial charge in [0, 0.05) is 14.0 Å². The van der Waals surface area contributed by atoms with Gasteiger partial charge in [0.25, 0.3) is 0 Å². The molecule has 0 atom stereocenters. The summed E-state index contributed by atoms with van der Waals surface area (Å²) in [5, 5.41) is 14.3. The van der Waals surface area contributed by atoms with E-state index in [2.05, 4.69) is 16.2 Å². The van der Waals surface area contributed by atoms with Crippen LogP contribution in [0.3, 0.4) is 0 Å². The number of aryl methyl sites for hydroxylation is 1. The lowest BCUT2D eigenvalue weighted by Gasteiger charge is -2.08. The Balaban J connectivity index is 2.77. The van der Waals surface area contributed by atoms with E-state index in [-0.39, 0.29) is 10.8 Å². The summed E-state index contributed by atoms with van der Waals surface area (Å²) in [4.78, 5) is 11.6. The molecule has 0 aliphatic heterocycles. The zero-order chi connectivity index (χ0) is 12.3. The molecule has 0 spiro atoms. The van der Waals surface area contributed by atoms with Gasteiger partial charge in [-0.05, 0) is 12.2 Å². The van der Waals surface area contributed by atoms with Gasteiger partial charge in [-0.2, -0.15) is 0 Å². The van der Waals surface area contributed by atoms with Crippen LogP contribution in [0, 0.1) is 12.1 Å². The third kappa shape index (κ3) is 2.40. The first-order valence-corrected chi connectivity index (χ1v) is 4.91. The number of nitrogens with zero attached hydrogens (tertiary/aromatic N) is 2. The van der Waals surface area contributed by atoms with E-state index in [1.165, 1.54) is 6.33 Å². The second kappa shape index (κ2) is 4.79. The molecule has 0 aliphatic rings. The van der Waals surface area contributed by atoms with Crippen molar-refractivity contribution in [3.63, 3.8) is 0 Å². The zero-order valence-corrected chi connectivity index (χ0v) is 10.0. The maximum atomic E-state index is 11.6. The highest BCUT2D eigenvalue weighted by Crippen LogP contribution is 2.00. The van der Waals surface area contributed by atoms with E-state index in [9.17, 15) is 10.0 Å². The third-order valence-electron chi connectivity index (χ3n) is 2.10. The quantitative estimate of drug-likeness (QED) is 0.247. The summed E-state index contributed by atoms with van der Waals surface area (Å²) < 4.78 is 2.08. The first kappa shape index (κ1) is 12.2. The molecule has 3 N–H and O–H groups in total. The van der Waals surface area contributed by atoms with Crippen LogP contribution in [-0.4, -0.2) is 22.6 Å². The highest BCUT2D eigenvalue weighted by atomic mass is 32.1. The molecule has 1 heterocycles. The predicted octanol–water partition coefficient (Wildman–Crippen LogP) is -1.29. The van der Waals surface area contributed by atoms with E-state index in [4.69, 9.17) is 12.2 Å². The molecule has 0 saturated heterocycles. The van der Waals surface area contributed by atoms with Crippen molar-refractivity contribution in [1.29, 1.82) is 0 Å². The molecular weight excluding hydrogens is 230 g/mol. The summed E-state index contributed by atoms with van der Waals surface area (Å²) in [7, 11) is 3.30. The van der Waals surface area contributed by atoms with Crippen LogP contribution >= 0.6 is 12.2 Å². The number of carbonyl (C=O) groups excluding carboxylic acids is 1. The van der Waals surface area contributed by atoms with Crippen LogP contribution < -0.4 is 20.9 Å². The molecule has 0 fully saturated rings. The van der Waals surface area contributed by atoms with Crippen molar-refractivity contribution in [1.82, 2.24) is 20.7 Å². The van der Waals surface area contributed by atoms with Gasteiger partial charge in [0.2, 0.25) is 12.0 Å². The zero-order valence-electron chi connectivity index (χ0n) is 9.20. The summed E-state index contributed by atoms with van der Waals surface area (Å²) in [6.07, 6.45) is 1.28. The van der Waals surface area contributed by atoms with Gasteiger partial charge in [0.1, 0.15) is 0 Å². The molecular formula is C8H13N5O2S. The molecule has 0 aliphatic carbocycles. The van der Waals surface area contributed by atoms with Crippen LogP contribution in [0.25, 0.3) is 0 Å². The first-order valence-electron chi connectivity index (χ1n) is 4.50. The Kier molecular flexibility index (Phi) is 3.67. The van der Waals surface area contributed by atoms with Crippen molar-refractivity contribution in [2.75, 3.05) is 7.05 Å². The van der Waals surface area contributed by atoms with E-state index in [0.29, 0.717) is 10.4 Å². The number of hydrogen-bond acceptors (Lipinski definition) is 3. The largest absolute Gasteiger partial charge is 0.710 e. The lowest BCUT2D eigenvalue weighted by molar-refractivity contribution is -0.607. The molecule has 0 unspecified atom stereocenters. The Labute approximate surface area is 98.0 Å². The Hall–Kier alpha value is -1.83. The van der Waals surface area contributed by atoms with Gasteiger partial charge in [0.05, 0.1) is 7.05 Å². The van der Waals surface area contributed by atoms with Crippen molar-refractivity contribution < 1.29 is 9.52 Å². The number of hydrazine groups is 1. The summed E-state index contributed by atoms with van der Waals surface area (Å²) >= 11 is 4.77. The molecule has 1 aromatic heterocycles. The normalized spacial score (nSPS) is 9.69. The van der Waals surface area contributed by atoms with E-state index < -0.39 is 5.91 Å². The molecule has 1 amide bonds. The third-order valence-corrected chi connectivity index (χ3v) is 2.41. The van der Waals surface area contributed by atoms with E-state index in [0.717, 1.165) is 0 Å². The summed E-state index contributed by atoms with van der Waals surface area (Å²) in [6.45, 7) is 1.68. The second-order valence-electron chi connectivity index (χ2n) is 3.14. The molecule has 8 heteroatoms. The van der Waals surface area contributed by atoms with E-state index in [1.54, 1.807) is 25.6 Å². The Morgan fingerprint density at radius 1 is 1.56 bits per heavy atom. The van der Waals surface area contributed by atoms with Gasteiger partial charge < -0.3 is 10.5 Å². The number of amides is 1. The van der Waals surface area contributed by atoms with Crippen molar-refractivity contribution in [2.45, 2.75) is 6.92 Å². The molecule has 0 aromatic carbocycles. The SMILES string of the molecule is CNC(=S)NNC(=O)c1c(C)n(C)c[n+]1[O-]. The standard InChI is InChI=1S/C8H13N5O2S/c1-5-6(13(15)4-12(5)3)7(14)10-11-8(16)9-2/h4H,1-3H3,(H,10,14)(H2,9,11,16).